The third kappa shape index (κ3) is 3.30. The summed E-state index contributed by atoms with van der Waals surface area (Å²) in [5.74, 6) is -1.33. The van der Waals surface area contributed by atoms with Crippen molar-refractivity contribution >= 4 is 17.6 Å². The van der Waals surface area contributed by atoms with Crippen molar-refractivity contribution in [2.45, 2.75) is 13.5 Å². The molecule has 16 heavy (non-hydrogen) atoms. The molecule has 0 aromatic carbocycles. The van der Waals surface area contributed by atoms with E-state index in [4.69, 9.17) is 11.6 Å². The maximum atomic E-state index is 12.0. The third-order valence-corrected chi connectivity index (χ3v) is 1.73. The van der Waals surface area contributed by atoms with E-state index >= 15 is 0 Å². The van der Waals surface area contributed by atoms with Gasteiger partial charge in [-0.15, -0.1) is 0 Å². The summed E-state index contributed by atoms with van der Waals surface area (Å²) in [7, 11) is 0. The second-order valence-electron chi connectivity index (χ2n) is 2.59. The van der Waals surface area contributed by atoms with E-state index in [0.717, 1.165) is 0 Å². The predicted octanol–water partition coefficient (Wildman–Crippen LogP) is 2.51. The molecule has 0 bridgehead atoms. The normalized spacial score (nSPS) is 10.3. The van der Waals surface area contributed by atoms with Gasteiger partial charge in [-0.05, 0) is 19.1 Å². The third-order valence-electron chi connectivity index (χ3n) is 1.52. The molecule has 0 saturated carbocycles. The summed E-state index contributed by atoms with van der Waals surface area (Å²) in [6.07, 6.45) is 0. The lowest BCUT2D eigenvalue weighted by Crippen LogP contribution is -2.11. The Morgan fingerprint density at radius 2 is 2.25 bits per heavy atom. The molecule has 0 aliphatic rings. The highest BCUT2D eigenvalue weighted by Gasteiger charge is 2.18. The van der Waals surface area contributed by atoms with Gasteiger partial charge in [0.25, 0.3) is 0 Å². The van der Waals surface area contributed by atoms with Crippen molar-refractivity contribution < 1.29 is 23.0 Å². The number of rotatable bonds is 4. The molecule has 0 saturated heterocycles. The molecule has 0 radical (unpaired) electrons. The first-order valence-electron chi connectivity index (χ1n) is 4.33. The van der Waals surface area contributed by atoms with Gasteiger partial charge in [0.2, 0.25) is 5.88 Å². The maximum absolute atomic E-state index is 12.0. The first-order valence-corrected chi connectivity index (χ1v) is 4.71. The summed E-state index contributed by atoms with van der Waals surface area (Å²) in [5.41, 5.74) is -0.188. The van der Waals surface area contributed by atoms with Crippen molar-refractivity contribution in [1.29, 1.82) is 0 Å². The Hall–Kier alpha value is -1.43. The highest BCUT2D eigenvalue weighted by molar-refractivity contribution is 6.29. The van der Waals surface area contributed by atoms with E-state index in [2.05, 4.69) is 14.5 Å². The van der Waals surface area contributed by atoms with Crippen molar-refractivity contribution in [2.75, 3.05) is 6.61 Å². The smallest absolute Gasteiger partial charge is 0.388 e. The monoisotopic (exact) mass is 251 g/mol. The Balaban J connectivity index is 3.02. The zero-order valence-corrected chi connectivity index (χ0v) is 9.00. The molecule has 0 atom stereocenters. The summed E-state index contributed by atoms with van der Waals surface area (Å²) in [6, 6.07) is 2.50. The summed E-state index contributed by atoms with van der Waals surface area (Å²) in [6.45, 7) is -1.37. The van der Waals surface area contributed by atoms with Gasteiger partial charge in [-0.2, -0.15) is 8.78 Å². The highest BCUT2D eigenvalue weighted by atomic mass is 35.5. The number of carbonyl (C=O) groups is 1. The van der Waals surface area contributed by atoms with Crippen LogP contribution in [0.1, 0.15) is 17.3 Å². The van der Waals surface area contributed by atoms with Crippen LogP contribution >= 0.6 is 11.6 Å². The molecule has 0 spiro atoms. The minimum Gasteiger partial charge on any atom is -0.462 e. The second kappa shape index (κ2) is 5.60. The number of carbonyl (C=O) groups excluding carboxylic acids is 1. The van der Waals surface area contributed by atoms with Crippen LogP contribution < -0.4 is 4.74 Å². The Morgan fingerprint density at radius 3 is 2.81 bits per heavy atom. The van der Waals surface area contributed by atoms with Crippen LogP contribution in [0.4, 0.5) is 8.78 Å². The van der Waals surface area contributed by atoms with Crippen LogP contribution in [0.5, 0.6) is 5.88 Å². The molecule has 1 aromatic heterocycles. The SMILES string of the molecule is CCOC(=O)c1ccc(Cl)nc1OC(F)F. The van der Waals surface area contributed by atoms with Crippen molar-refractivity contribution in [3.63, 3.8) is 0 Å². The molecule has 1 rings (SSSR count). The Morgan fingerprint density at radius 1 is 1.56 bits per heavy atom. The van der Waals surface area contributed by atoms with Crippen LogP contribution in [0.2, 0.25) is 5.15 Å². The lowest BCUT2D eigenvalue weighted by Gasteiger charge is -2.08. The van der Waals surface area contributed by atoms with Crippen LogP contribution in [0.25, 0.3) is 0 Å². The van der Waals surface area contributed by atoms with Crippen molar-refractivity contribution in [1.82, 2.24) is 4.98 Å². The van der Waals surface area contributed by atoms with E-state index < -0.39 is 18.5 Å². The maximum Gasteiger partial charge on any atom is 0.388 e. The van der Waals surface area contributed by atoms with E-state index in [0.29, 0.717) is 0 Å². The van der Waals surface area contributed by atoms with Gasteiger partial charge in [0.15, 0.2) is 0 Å². The zero-order chi connectivity index (χ0) is 12.1. The number of alkyl halides is 2. The van der Waals surface area contributed by atoms with E-state index in [9.17, 15) is 13.6 Å². The average Bonchev–Trinajstić information content (AvgIpc) is 2.16. The van der Waals surface area contributed by atoms with Gasteiger partial charge in [0, 0.05) is 0 Å². The molecule has 0 amide bonds. The summed E-state index contributed by atoms with van der Waals surface area (Å²) in [4.78, 5) is 14.8. The fraction of sp³-hybridized carbons (Fsp3) is 0.333. The van der Waals surface area contributed by atoms with Gasteiger partial charge in [-0.3, -0.25) is 0 Å². The number of halogens is 3. The molecule has 1 heterocycles. The highest BCUT2D eigenvalue weighted by Crippen LogP contribution is 2.21. The molecule has 0 aliphatic carbocycles. The van der Waals surface area contributed by atoms with Crippen molar-refractivity contribution in [3.05, 3.63) is 22.8 Å². The number of ether oxygens (including phenoxy) is 2. The molecular weight excluding hydrogens is 244 g/mol. The average molecular weight is 252 g/mol. The van der Waals surface area contributed by atoms with Crippen LogP contribution in [-0.2, 0) is 4.74 Å². The molecule has 0 aliphatic heterocycles. The first-order chi connectivity index (χ1) is 7.54. The van der Waals surface area contributed by atoms with Gasteiger partial charge in [0.1, 0.15) is 10.7 Å². The van der Waals surface area contributed by atoms with E-state index in [-0.39, 0.29) is 17.3 Å². The van der Waals surface area contributed by atoms with Crippen LogP contribution in [0, 0.1) is 0 Å². The molecule has 1 aromatic rings. The first kappa shape index (κ1) is 12.6. The number of hydrogen-bond donors (Lipinski definition) is 0. The second-order valence-corrected chi connectivity index (χ2v) is 2.97. The topological polar surface area (TPSA) is 48.4 Å². The van der Waals surface area contributed by atoms with Gasteiger partial charge in [0.05, 0.1) is 6.61 Å². The van der Waals surface area contributed by atoms with E-state index in [1.165, 1.54) is 12.1 Å². The van der Waals surface area contributed by atoms with E-state index in [1.54, 1.807) is 6.92 Å². The number of pyridine rings is 1. The molecule has 4 nitrogen and oxygen atoms in total. The number of esters is 1. The Kier molecular flexibility index (Phi) is 4.42. The largest absolute Gasteiger partial charge is 0.462 e. The lowest BCUT2D eigenvalue weighted by molar-refractivity contribution is -0.0534. The molecule has 0 unspecified atom stereocenters. The fourth-order valence-corrected chi connectivity index (χ4v) is 1.10. The summed E-state index contributed by atoms with van der Waals surface area (Å²) in [5, 5.41) is -0.0521. The zero-order valence-electron chi connectivity index (χ0n) is 8.25. The number of hydrogen-bond acceptors (Lipinski definition) is 4. The Bertz CT molecular complexity index is 387. The minimum absolute atomic E-state index is 0.0521. The van der Waals surface area contributed by atoms with Gasteiger partial charge in [-0.25, -0.2) is 9.78 Å². The van der Waals surface area contributed by atoms with Crippen LogP contribution in [0.15, 0.2) is 12.1 Å². The quantitative estimate of drug-likeness (QED) is 0.609. The lowest BCUT2D eigenvalue weighted by atomic mass is 10.3. The van der Waals surface area contributed by atoms with E-state index in [1.807, 2.05) is 0 Å². The van der Waals surface area contributed by atoms with Crippen molar-refractivity contribution in [2.24, 2.45) is 0 Å². The van der Waals surface area contributed by atoms with Crippen molar-refractivity contribution in [3.8, 4) is 5.88 Å². The molecule has 0 fully saturated rings. The fourth-order valence-electron chi connectivity index (χ4n) is 0.956. The molecular formula is C9H8ClF2NO3. The van der Waals surface area contributed by atoms with Gasteiger partial charge in [-0.1, -0.05) is 11.6 Å². The van der Waals surface area contributed by atoms with Gasteiger partial charge < -0.3 is 9.47 Å². The standard InChI is InChI=1S/C9H8ClF2NO3/c1-2-15-8(14)5-3-4-6(10)13-7(5)16-9(11)12/h3-4,9H,2H2,1H3. The predicted molar refractivity (Wildman–Crippen MR) is 51.8 cm³/mol. The summed E-state index contributed by atoms with van der Waals surface area (Å²) < 4.78 is 32.8. The molecule has 7 heteroatoms. The van der Waals surface area contributed by atoms with Gasteiger partial charge >= 0.3 is 12.6 Å². The minimum atomic E-state index is -3.08. The van der Waals surface area contributed by atoms with Crippen LogP contribution in [0.3, 0.4) is 0 Å². The number of aromatic nitrogens is 1. The van der Waals surface area contributed by atoms with Crippen LogP contribution in [-0.4, -0.2) is 24.2 Å². The molecule has 0 N–H and O–H groups in total. The number of nitrogens with zero attached hydrogens (tertiary/aromatic N) is 1. The Labute approximate surface area is 95.1 Å². The molecule has 88 valence electrons. The summed E-state index contributed by atoms with van der Waals surface area (Å²) >= 11 is 5.49.